The van der Waals surface area contributed by atoms with Gasteiger partial charge in [-0.25, -0.2) is 0 Å². The van der Waals surface area contributed by atoms with Crippen molar-refractivity contribution in [3.8, 4) is 0 Å². The van der Waals surface area contributed by atoms with Crippen molar-refractivity contribution in [2.24, 2.45) is 10.9 Å². The number of hydrogen-bond donors (Lipinski definition) is 2. The molecule has 110 valence electrons. The van der Waals surface area contributed by atoms with Gasteiger partial charge < -0.3 is 15.4 Å². The molecule has 2 aliphatic carbocycles. The number of ether oxygens (including phenoxy) is 1. The van der Waals surface area contributed by atoms with Crippen LogP contribution < -0.4 is 10.6 Å². The van der Waals surface area contributed by atoms with Crippen LogP contribution in [0.3, 0.4) is 0 Å². The summed E-state index contributed by atoms with van der Waals surface area (Å²) in [5.74, 6) is 1.82. The lowest BCUT2D eigenvalue weighted by Gasteiger charge is -2.24. The highest BCUT2D eigenvalue weighted by Crippen LogP contribution is 2.28. The molecule has 0 amide bonds. The molecule has 0 radical (unpaired) electrons. The van der Waals surface area contributed by atoms with Crippen molar-refractivity contribution in [1.82, 2.24) is 10.6 Å². The molecule has 0 aliphatic heterocycles. The highest BCUT2D eigenvalue weighted by atomic mass is 16.5. The van der Waals surface area contributed by atoms with Crippen molar-refractivity contribution in [3.05, 3.63) is 0 Å². The third-order valence-corrected chi connectivity index (χ3v) is 3.98. The van der Waals surface area contributed by atoms with Crippen LogP contribution in [-0.2, 0) is 4.74 Å². The Hall–Kier alpha value is -0.770. The number of aliphatic imine (C=N–C) groups is 1. The second-order valence-electron chi connectivity index (χ2n) is 5.85. The zero-order valence-electron chi connectivity index (χ0n) is 12.3. The Morgan fingerprint density at radius 3 is 2.63 bits per heavy atom. The van der Waals surface area contributed by atoms with E-state index < -0.39 is 0 Å². The summed E-state index contributed by atoms with van der Waals surface area (Å²) >= 11 is 0. The zero-order chi connectivity index (χ0) is 13.3. The second kappa shape index (κ2) is 8.41. The predicted molar refractivity (Wildman–Crippen MR) is 79.5 cm³/mol. The SMILES string of the molecule is CN=C(NCCCOCC1CC1)NC1CCCCC1. The van der Waals surface area contributed by atoms with Crippen molar-refractivity contribution >= 4 is 5.96 Å². The van der Waals surface area contributed by atoms with Crippen LogP contribution in [0.4, 0.5) is 0 Å². The van der Waals surface area contributed by atoms with Crippen molar-refractivity contribution in [3.63, 3.8) is 0 Å². The molecule has 0 spiro atoms. The molecular weight excluding hydrogens is 238 g/mol. The van der Waals surface area contributed by atoms with E-state index >= 15 is 0 Å². The molecule has 0 bridgehead atoms. The highest BCUT2D eigenvalue weighted by molar-refractivity contribution is 5.79. The van der Waals surface area contributed by atoms with Gasteiger partial charge in [-0.2, -0.15) is 0 Å². The number of nitrogens with one attached hydrogen (secondary N) is 2. The highest BCUT2D eigenvalue weighted by Gasteiger charge is 2.20. The lowest BCUT2D eigenvalue weighted by atomic mass is 9.96. The zero-order valence-corrected chi connectivity index (χ0v) is 12.3. The van der Waals surface area contributed by atoms with Gasteiger partial charge in [-0.05, 0) is 38.0 Å². The Balaban J connectivity index is 1.49. The predicted octanol–water partition coefficient (Wildman–Crippen LogP) is 2.30. The molecule has 4 nitrogen and oxygen atoms in total. The second-order valence-corrected chi connectivity index (χ2v) is 5.85. The molecule has 4 heteroatoms. The molecule has 0 aromatic heterocycles. The summed E-state index contributed by atoms with van der Waals surface area (Å²) in [5.41, 5.74) is 0. The van der Waals surface area contributed by atoms with E-state index in [0.717, 1.165) is 38.1 Å². The van der Waals surface area contributed by atoms with Crippen molar-refractivity contribution in [2.45, 2.75) is 57.4 Å². The maximum atomic E-state index is 5.62. The van der Waals surface area contributed by atoms with Crippen molar-refractivity contribution in [1.29, 1.82) is 0 Å². The maximum Gasteiger partial charge on any atom is 0.191 e. The fourth-order valence-corrected chi connectivity index (χ4v) is 2.55. The van der Waals surface area contributed by atoms with E-state index in [-0.39, 0.29) is 0 Å². The standard InChI is InChI=1S/C15H29N3O/c1-16-15(18-14-6-3-2-4-7-14)17-10-5-11-19-12-13-8-9-13/h13-14H,2-12H2,1H3,(H2,16,17,18). The van der Waals surface area contributed by atoms with E-state index in [1.807, 2.05) is 7.05 Å². The average molecular weight is 267 g/mol. The molecule has 0 atom stereocenters. The summed E-state index contributed by atoms with van der Waals surface area (Å²) in [4.78, 5) is 4.29. The summed E-state index contributed by atoms with van der Waals surface area (Å²) in [7, 11) is 1.85. The molecule has 19 heavy (non-hydrogen) atoms. The van der Waals surface area contributed by atoms with Gasteiger partial charge in [-0.3, -0.25) is 4.99 Å². The van der Waals surface area contributed by atoms with Gasteiger partial charge in [0.15, 0.2) is 5.96 Å². The van der Waals surface area contributed by atoms with Crippen LogP contribution in [0.15, 0.2) is 4.99 Å². The van der Waals surface area contributed by atoms with E-state index in [1.54, 1.807) is 0 Å². The molecular formula is C15H29N3O. The van der Waals surface area contributed by atoms with Crippen LogP contribution in [0.1, 0.15) is 51.4 Å². The van der Waals surface area contributed by atoms with Crippen LogP contribution in [-0.4, -0.2) is 38.8 Å². The smallest absolute Gasteiger partial charge is 0.191 e. The molecule has 0 aromatic rings. The Bertz CT molecular complexity index is 271. The van der Waals surface area contributed by atoms with Gasteiger partial charge in [0.1, 0.15) is 0 Å². The van der Waals surface area contributed by atoms with Gasteiger partial charge in [0.05, 0.1) is 0 Å². The minimum absolute atomic E-state index is 0.617. The van der Waals surface area contributed by atoms with E-state index in [9.17, 15) is 0 Å². The first kappa shape index (κ1) is 14.6. The fraction of sp³-hybridized carbons (Fsp3) is 0.933. The van der Waals surface area contributed by atoms with Gasteiger partial charge in [0.25, 0.3) is 0 Å². The molecule has 2 rings (SSSR count). The first-order valence-corrected chi connectivity index (χ1v) is 7.93. The Morgan fingerprint density at radius 2 is 1.95 bits per heavy atom. The first-order valence-electron chi connectivity index (χ1n) is 7.93. The minimum atomic E-state index is 0.617. The molecule has 0 aromatic carbocycles. The molecule has 2 fully saturated rings. The van der Waals surface area contributed by atoms with Gasteiger partial charge in [0, 0.05) is 32.8 Å². The normalized spacial score (nSPS) is 21.4. The molecule has 0 saturated heterocycles. The van der Waals surface area contributed by atoms with Crippen LogP contribution >= 0.6 is 0 Å². The Labute approximate surface area is 117 Å². The fourth-order valence-electron chi connectivity index (χ4n) is 2.55. The minimum Gasteiger partial charge on any atom is -0.381 e. The Kier molecular flexibility index (Phi) is 6.48. The van der Waals surface area contributed by atoms with E-state index in [1.165, 1.54) is 44.9 Å². The number of rotatable bonds is 7. The Morgan fingerprint density at radius 1 is 1.16 bits per heavy atom. The third-order valence-electron chi connectivity index (χ3n) is 3.98. The van der Waals surface area contributed by atoms with Crippen molar-refractivity contribution in [2.75, 3.05) is 26.8 Å². The third kappa shape index (κ3) is 6.28. The number of nitrogens with zero attached hydrogens (tertiary/aromatic N) is 1. The average Bonchev–Trinajstić information content (AvgIpc) is 3.26. The maximum absolute atomic E-state index is 5.62. The number of hydrogen-bond acceptors (Lipinski definition) is 2. The van der Waals surface area contributed by atoms with Crippen LogP contribution in [0, 0.1) is 5.92 Å². The summed E-state index contributed by atoms with van der Waals surface area (Å²) < 4.78 is 5.62. The first-order chi connectivity index (χ1) is 9.38. The molecule has 0 unspecified atom stereocenters. The molecule has 0 heterocycles. The van der Waals surface area contributed by atoms with Crippen molar-refractivity contribution < 1.29 is 4.74 Å². The van der Waals surface area contributed by atoms with Gasteiger partial charge in [-0.1, -0.05) is 19.3 Å². The number of guanidine groups is 1. The van der Waals surface area contributed by atoms with Gasteiger partial charge >= 0.3 is 0 Å². The van der Waals surface area contributed by atoms with E-state index in [2.05, 4.69) is 15.6 Å². The van der Waals surface area contributed by atoms with E-state index in [0.29, 0.717) is 6.04 Å². The quantitative estimate of drug-likeness (QED) is 0.423. The lowest BCUT2D eigenvalue weighted by molar-refractivity contribution is 0.123. The van der Waals surface area contributed by atoms with Gasteiger partial charge in [-0.15, -0.1) is 0 Å². The summed E-state index contributed by atoms with van der Waals surface area (Å²) in [6.45, 7) is 2.77. The van der Waals surface area contributed by atoms with Crippen LogP contribution in [0.2, 0.25) is 0 Å². The largest absolute Gasteiger partial charge is 0.381 e. The molecule has 2 aliphatic rings. The summed E-state index contributed by atoms with van der Waals surface area (Å²) in [5, 5.41) is 6.90. The molecule has 2 N–H and O–H groups in total. The molecule has 2 saturated carbocycles. The van der Waals surface area contributed by atoms with Gasteiger partial charge in [0.2, 0.25) is 0 Å². The monoisotopic (exact) mass is 267 g/mol. The summed E-state index contributed by atoms with van der Waals surface area (Å²) in [6.07, 6.45) is 10.5. The lowest BCUT2D eigenvalue weighted by Crippen LogP contribution is -2.44. The summed E-state index contributed by atoms with van der Waals surface area (Å²) in [6, 6.07) is 0.617. The van der Waals surface area contributed by atoms with Crippen LogP contribution in [0.25, 0.3) is 0 Å². The topological polar surface area (TPSA) is 45.7 Å². The van der Waals surface area contributed by atoms with E-state index in [4.69, 9.17) is 4.74 Å². The van der Waals surface area contributed by atoms with Crippen LogP contribution in [0.5, 0.6) is 0 Å².